The molecule has 1 aliphatic rings. The number of aryl methyl sites for hydroxylation is 1. The third-order valence-electron chi connectivity index (χ3n) is 4.39. The number of aromatic nitrogens is 3. The molecule has 2 atom stereocenters. The largest absolute Gasteiger partial charge is 0.337 e. The van der Waals surface area contributed by atoms with Crippen LogP contribution in [0.3, 0.4) is 0 Å². The lowest BCUT2D eigenvalue weighted by Crippen LogP contribution is -2.48. The molecule has 0 saturated carbocycles. The van der Waals surface area contributed by atoms with E-state index in [0.717, 1.165) is 29.2 Å². The van der Waals surface area contributed by atoms with E-state index in [2.05, 4.69) is 28.7 Å². The molecule has 0 radical (unpaired) electrons. The van der Waals surface area contributed by atoms with Crippen molar-refractivity contribution in [2.75, 3.05) is 5.75 Å². The minimum atomic E-state index is 0.213. The molecule has 3 heterocycles. The Balaban J connectivity index is 1.71. The normalized spacial score (nSPS) is 22.2. The van der Waals surface area contributed by atoms with Crippen molar-refractivity contribution >= 4 is 28.8 Å². The van der Waals surface area contributed by atoms with Crippen molar-refractivity contribution in [3.63, 3.8) is 0 Å². The Hall–Kier alpha value is -1.56. The summed E-state index contributed by atoms with van der Waals surface area (Å²) in [5.74, 6) is 0.649. The Labute approximate surface area is 135 Å². The molecule has 0 spiro atoms. The highest BCUT2D eigenvalue weighted by molar-refractivity contribution is 7.99. The van der Waals surface area contributed by atoms with Crippen molar-refractivity contribution in [3.05, 3.63) is 18.3 Å². The standard InChI is InChI=1S/C16H22N4OS/c1-11-6-4-7-12(2)20(11)14(21)10-22-16-18-13-8-5-9-17-15(13)19(16)3/h5,8-9,11-12H,4,6-7,10H2,1-3H3. The summed E-state index contributed by atoms with van der Waals surface area (Å²) in [6.45, 7) is 4.30. The summed E-state index contributed by atoms with van der Waals surface area (Å²) in [6.07, 6.45) is 5.20. The third-order valence-corrected chi connectivity index (χ3v) is 5.41. The molecule has 118 valence electrons. The topological polar surface area (TPSA) is 51.0 Å². The molecular formula is C16H22N4OS. The maximum atomic E-state index is 12.6. The molecular weight excluding hydrogens is 296 g/mol. The lowest BCUT2D eigenvalue weighted by Gasteiger charge is -2.39. The number of piperidine rings is 1. The number of thioether (sulfide) groups is 1. The molecule has 22 heavy (non-hydrogen) atoms. The first-order chi connectivity index (χ1) is 10.6. The number of likely N-dealkylation sites (tertiary alicyclic amines) is 1. The number of nitrogens with zero attached hydrogens (tertiary/aromatic N) is 4. The van der Waals surface area contributed by atoms with Crippen LogP contribution in [0, 0.1) is 0 Å². The van der Waals surface area contributed by atoms with Gasteiger partial charge in [-0.1, -0.05) is 11.8 Å². The van der Waals surface area contributed by atoms with Crippen molar-refractivity contribution < 1.29 is 4.79 Å². The quantitative estimate of drug-likeness (QED) is 0.817. The Morgan fingerprint density at radius 2 is 2.09 bits per heavy atom. The fraction of sp³-hybridized carbons (Fsp3) is 0.562. The van der Waals surface area contributed by atoms with Crippen LogP contribution in [0.4, 0.5) is 0 Å². The van der Waals surface area contributed by atoms with Crippen LogP contribution in [0.15, 0.2) is 23.5 Å². The van der Waals surface area contributed by atoms with Gasteiger partial charge in [0.15, 0.2) is 10.8 Å². The highest BCUT2D eigenvalue weighted by Gasteiger charge is 2.28. The van der Waals surface area contributed by atoms with Gasteiger partial charge < -0.3 is 9.47 Å². The number of fused-ring (bicyclic) bond motifs is 1. The summed E-state index contributed by atoms with van der Waals surface area (Å²) in [4.78, 5) is 23.5. The Morgan fingerprint density at radius 1 is 1.36 bits per heavy atom. The lowest BCUT2D eigenvalue weighted by atomic mass is 9.98. The average Bonchev–Trinajstić information content (AvgIpc) is 2.82. The van der Waals surface area contributed by atoms with Gasteiger partial charge in [0.05, 0.1) is 5.75 Å². The molecule has 2 aromatic rings. The fourth-order valence-corrected chi connectivity index (χ4v) is 4.09. The summed E-state index contributed by atoms with van der Waals surface area (Å²) in [6, 6.07) is 4.52. The van der Waals surface area contributed by atoms with Crippen LogP contribution in [0.1, 0.15) is 33.1 Å². The third kappa shape index (κ3) is 2.84. The van der Waals surface area contributed by atoms with Gasteiger partial charge in [-0.05, 0) is 45.2 Å². The van der Waals surface area contributed by atoms with Gasteiger partial charge in [-0.25, -0.2) is 9.97 Å². The molecule has 1 aliphatic heterocycles. The van der Waals surface area contributed by atoms with E-state index in [0.29, 0.717) is 17.8 Å². The van der Waals surface area contributed by atoms with E-state index in [-0.39, 0.29) is 5.91 Å². The van der Waals surface area contributed by atoms with Crippen LogP contribution in [0.2, 0.25) is 0 Å². The van der Waals surface area contributed by atoms with Crippen molar-refractivity contribution in [2.24, 2.45) is 7.05 Å². The smallest absolute Gasteiger partial charge is 0.233 e. The monoisotopic (exact) mass is 318 g/mol. The number of imidazole rings is 1. The first-order valence-corrected chi connectivity index (χ1v) is 8.78. The zero-order chi connectivity index (χ0) is 15.7. The van der Waals surface area contributed by atoms with Gasteiger partial charge >= 0.3 is 0 Å². The molecule has 2 aromatic heterocycles. The maximum absolute atomic E-state index is 12.6. The number of amides is 1. The molecule has 1 fully saturated rings. The second-order valence-corrected chi connectivity index (χ2v) is 6.96. The summed E-state index contributed by atoms with van der Waals surface area (Å²) in [7, 11) is 1.95. The van der Waals surface area contributed by atoms with Crippen LogP contribution in [-0.4, -0.2) is 43.2 Å². The van der Waals surface area contributed by atoms with Crippen LogP contribution in [0.25, 0.3) is 11.2 Å². The molecule has 1 amide bonds. The number of pyridine rings is 1. The fourth-order valence-electron chi connectivity index (χ4n) is 3.25. The van der Waals surface area contributed by atoms with E-state index >= 15 is 0 Å². The van der Waals surface area contributed by atoms with Gasteiger partial charge in [0, 0.05) is 25.3 Å². The summed E-state index contributed by atoms with van der Waals surface area (Å²) < 4.78 is 1.95. The van der Waals surface area contributed by atoms with Gasteiger partial charge in [0.1, 0.15) is 5.52 Å². The van der Waals surface area contributed by atoms with Crippen molar-refractivity contribution in [2.45, 2.75) is 50.4 Å². The average molecular weight is 318 g/mol. The second kappa shape index (κ2) is 6.28. The predicted octanol–water partition coefficient (Wildman–Crippen LogP) is 2.85. The van der Waals surface area contributed by atoms with Crippen molar-refractivity contribution in [3.8, 4) is 0 Å². The Morgan fingerprint density at radius 3 is 2.77 bits per heavy atom. The van der Waals surface area contributed by atoms with E-state index in [4.69, 9.17) is 0 Å². The predicted molar refractivity (Wildman–Crippen MR) is 88.9 cm³/mol. The summed E-state index contributed by atoms with van der Waals surface area (Å²) in [5.41, 5.74) is 1.73. The minimum absolute atomic E-state index is 0.213. The first kappa shape index (κ1) is 15.3. The van der Waals surface area contributed by atoms with E-state index < -0.39 is 0 Å². The molecule has 0 bridgehead atoms. The summed E-state index contributed by atoms with van der Waals surface area (Å²) in [5, 5.41) is 0.847. The minimum Gasteiger partial charge on any atom is -0.337 e. The summed E-state index contributed by atoms with van der Waals surface area (Å²) >= 11 is 1.50. The van der Waals surface area contributed by atoms with Gasteiger partial charge in [0.2, 0.25) is 5.91 Å². The van der Waals surface area contributed by atoms with Crippen LogP contribution >= 0.6 is 11.8 Å². The van der Waals surface area contributed by atoms with Gasteiger partial charge in [-0.3, -0.25) is 4.79 Å². The molecule has 3 rings (SSSR count). The van der Waals surface area contributed by atoms with Crippen molar-refractivity contribution in [1.29, 1.82) is 0 Å². The number of hydrogen-bond donors (Lipinski definition) is 0. The molecule has 0 N–H and O–H groups in total. The maximum Gasteiger partial charge on any atom is 0.233 e. The molecule has 0 aliphatic carbocycles. The van der Waals surface area contributed by atoms with E-state index in [1.54, 1.807) is 6.20 Å². The Kier molecular flexibility index (Phi) is 4.38. The second-order valence-electron chi connectivity index (χ2n) is 6.02. The van der Waals surface area contributed by atoms with E-state index in [1.807, 2.05) is 23.7 Å². The molecule has 2 unspecified atom stereocenters. The highest BCUT2D eigenvalue weighted by atomic mass is 32.2. The Bertz CT molecular complexity index is 674. The zero-order valence-electron chi connectivity index (χ0n) is 13.3. The zero-order valence-corrected chi connectivity index (χ0v) is 14.1. The highest BCUT2D eigenvalue weighted by Crippen LogP contribution is 2.26. The first-order valence-electron chi connectivity index (χ1n) is 7.79. The van der Waals surface area contributed by atoms with Crippen LogP contribution in [-0.2, 0) is 11.8 Å². The molecule has 0 aromatic carbocycles. The number of rotatable bonds is 3. The van der Waals surface area contributed by atoms with Gasteiger partial charge in [-0.2, -0.15) is 0 Å². The number of hydrogen-bond acceptors (Lipinski definition) is 4. The van der Waals surface area contributed by atoms with Crippen molar-refractivity contribution in [1.82, 2.24) is 19.4 Å². The van der Waals surface area contributed by atoms with Gasteiger partial charge in [-0.15, -0.1) is 0 Å². The van der Waals surface area contributed by atoms with E-state index in [9.17, 15) is 4.79 Å². The molecule has 1 saturated heterocycles. The molecule has 6 heteroatoms. The number of carbonyl (C=O) groups excluding carboxylic acids is 1. The number of carbonyl (C=O) groups is 1. The van der Waals surface area contributed by atoms with Gasteiger partial charge in [0.25, 0.3) is 0 Å². The van der Waals surface area contributed by atoms with Crippen LogP contribution in [0.5, 0.6) is 0 Å². The van der Waals surface area contributed by atoms with Crippen LogP contribution < -0.4 is 0 Å². The lowest BCUT2D eigenvalue weighted by molar-refractivity contribution is -0.134. The molecule has 5 nitrogen and oxygen atoms in total. The SMILES string of the molecule is CC1CCCC(C)N1C(=O)CSc1nc2cccnc2n1C. The van der Waals surface area contributed by atoms with E-state index in [1.165, 1.54) is 18.2 Å².